The zero-order chi connectivity index (χ0) is 17.9. The third-order valence-electron chi connectivity index (χ3n) is 3.22. The summed E-state index contributed by atoms with van der Waals surface area (Å²) in [5.41, 5.74) is 0.0308. The lowest BCUT2D eigenvalue weighted by atomic mass is 10.1. The van der Waals surface area contributed by atoms with Crippen molar-refractivity contribution in [2.24, 2.45) is 0 Å². The monoisotopic (exact) mass is 355 g/mol. The molecule has 128 valence electrons. The van der Waals surface area contributed by atoms with Gasteiger partial charge in [0.25, 0.3) is 0 Å². The van der Waals surface area contributed by atoms with Crippen molar-refractivity contribution in [3.05, 3.63) is 53.3 Å². The van der Waals surface area contributed by atoms with Gasteiger partial charge in [0.15, 0.2) is 0 Å². The number of benzene rings is 2. The Morgan fingerprint density at radius 1 is 1.12 bits per heavy atom. The molecule has 0 heterocycles. The Hall–Kier alpha value is -2.65. The number of aromatic hydroxyl groups is 2. The van der Waals surface area contributed by atoms with Gasteiger partial charge in [-0.05, 0) is 36.2 Å². The molecule has 0 bridgehead atoms. The first-order valence-corrected chi connectivity index (χ1v) is 8.22. The Morgan fingerprint density at radius 2 is 1.83 bits per heavy atom. The van der Waals surface area contributed by atoms with Crippen LogP contribution in [0.5, 0.6) is 11.5 Å². The maximum atomic E-state index is 13.7. The highest BCUT2D eigenvalue weighted by Gasteiger charge is 2.21. The zero-order valence-corrected chi connectivity index (χ0v) is 13.0. The molecule has 0 unspecified atom stereocenters. The van der Waals surface area contributed by atoms with Crippen LogP contribution in [0.1, 0.15) is 15.9 Å². The summed E-state index contributed by atoms with van der Waals surface area (Å²) in [4.78, 5) is 10.1. The molecule has 9 heteroatoms. The quantitative estimate of drug-likeness (QED) is 0.622. The third kappa shape index (κ3) is 4.00. The summed E-state index contributed by atoms with van der Waals surface area (Å²) in [6.07, 6.45) is 0.0889. The fraction of sp³-hybridized carbons (Fsp3) is 0.133. The van der Waals surface area contributed by atoms with E-state index in [4.69, 9.17) is 5.11 Å². The molecule has 0 aliphatic heterocycles. The predicted molar refractivity (Wildman–Crippen MR) is 82.0 cm³/mol. The number of hydrogen-bond donors (Lipinski definition) is 4. The van der Waals surface area contributed by atoms with Crippen molar-refractivity contribution in [2.45, 2.75) is 11.3 Å². The summed E-state index contributed by atoms with van der Waals surface area (Å²) in [7, 11) is -4.26. The molecule has 0 aromatic heterocycles. The second-order valence-electron chi connectivity index (χ2n) is 4.91. The van der Waals surface area contributed by atoms with Crippen LogP contribution in [-0.4, -0.2) is 36.3 Å². The van der Waals surface area contributed by atoms with Gasteiger partial charge in [0.2, 0.25) is 10.0 Å². The predicted octanol–water partition coefficient (Wildman–Crippen LogP) is 1.46. The van der Waals surface area contributed by atoms with E-state index >= 15 is 0 Å². The molecule has 24 heavy (non-hydrogen) atoms. The van der Waals surface area contributed by atoms with Gasteiger partial charge in [-0.15, -0.1) is 0 Å². The van der Waals surface area contributed by atoms with E-state index in [1.54, 1.807) is 0 Å². The summed E-state index contributed by atoms with van der Waals surface area (Å²) in [5.74, 6) is -2.78. The maximum absolute atomic E-state index is 13.7. The number of halogens is 1. The number of hydrogen-bond acceptors (Lipinski definition) is 5. The number of phenolic OH excluding ortho intramolecular Hbond substituents is 2. The minimum atomic E-state index is -4.26. The molecule has 0 aliphatic rings. The molecule has 0 amide bonds. The van der Waals surface area contributed by atoms with Gasteiger partial charge in [0, 0.05) is 12.6 Å². The molecule has 2 aromatic carbocycles. The number of aromatic carboxylic acids is 1. The van der Waals surface area contributed by atoms with Crippen LogP contribution in [0.3, 0.4) is 0 Å². The van der Waals surface area contributed by atoms with Crippen molar-refractivity contribution in [3.63, 3.8) is 0 Å². The Labute approximate surface area is 137 Å². The fourth-order valence-electron chi connectivity index (χ4n) is 2.00. The van der Waals surface area contributed by atoms with E-state index in [9.17, 15) is 27.8 Å². The second-order valence-corrected chi connectivity index (χ2v) is 6.65. The number of nitrogens with one attached hydrogen (secondary N) is 1. The van der Waals surface area contributed by atoms with Crippen molar-refractivity contribution in [1.82, 2.24) is 4.72 Å². The first-order chi connectivity index (χ1) is 11.2. The molecular formula is C15H14FNO6S. The molecule has 0 fully saturated rings. The van der Waals surface area contributed by atoms with Gasteiger partial charge in [-0.1, -0.05) is 6.07 Å². The van der Waals surface area contributed by atoms with E-state index in [0.29, 0.717) is 5.56 Å². The number of rotatable bonds is 6. The van der Waals surface area contributed by atoms with Crippen molar-refractivity contribution in [1.29, 1.82) is 0 Å². The SMILES string of the molecule is O=C(O)c1ccc(F)c(S(=O)(=O)NCCc2ccc(O)cc2O)c1. The fourth-order valence-corrected chi connectivity index (χ4v) is 3.14. The lowest BCUT2D eigenvalue weighted by molar-refractivity contribution is 0.0696. The topological polar surface area (TPSA) is 124 Å². The zero-order valence-electron chi connectivity index (χ0n) is 12.2. The van der Waals surface area contributed by atoms with E-state index in [1.807, 2.05) is 0 Å². The van der Waals surface area contributed by atoms with Crippen LogP contribution in [0.4, 0.5) is 4.39 Å². The van der Waals surface area contributed by atoms with Crippen LogP contribution >= 0.6 is 0 Å². The van der Waals surface area contributed by atoms with E-state index in [-0.39, 0.29) is 30.0 Å². The number of carbonyl (C=O) groups is 1. The lowest BCUT2D eigenvalue weighted by Gasteiger charge is -2.09. The Morgan fingerprint density at radius 3 is 2.46 bits per heavy atom. The van der Waals surface area contributed by atoms with Crippen LogP contribution in [0.2, 0.25) is 0 Å². The Balaban J connectivity index is 2.14. The van der Waals surface area contributed by atoms with E-state index < -0.39 is 26.7 Å². The highest BCUT2D eigenvalue weighted by atomic mass is 32.2. The highest BCUT2D eigenvalue weighted by molar-refractivity contribution is 7.89. The Bertz CT molecular complexity index is 882. The van der Waals surface area contributed by atoms with Gasteiger partial charge in [-0.25, -0.2) is 22.3 Å². The number of carboxylic acid groups (broad SMARTS) is 1. The molecule has 0 saturated heterocycles. The van der Waals surface area contributed by atoms with Crippen LogP contribution < -0.4 is 4.72 Å². The highest BCUT2D eigenvalue weighted by Crippen LogP contribution is 2.23. The minimum Gasteiger partial charge on any atom is -0.508 e. The van der Waals surface area contributed by atoms with Gasteiger partial charge >= 0.3 is 5.97 Å². The van der Waals surface area contributed by atoms with Crippen molar-refractivity contribution in [3.8, 4) is 11.5 Å². The average Bonchev–Trinajstić information content (AvgIpc) is 2.49. The number of phenols is 2. The Kier molecular flexibility index (Phi) is 5.05. The first-order valence-electron chi connectivity index (χ1n) is 6.74. The van der Waals surface area contributed by atoms with Gasteiger partial charge in [0.1, 0.15) is 22.2 Å². The summed E-state index contributed by atoms with van der Waals surface area (Å²) >= 11 is 0. The van der Waals surface area contributed by atoms with E-state index in [0.717, 1.165) is 24.3 Å². The van der Waals surface area contributed by atoms with Crippen molar-refractivity contribution < 1.29 is 32.9 Å². The molecule has 0 aliphatic carbocycles. The van der Waals surface area contributed by atoms with Gasteiger partial charge in [-0.3, -0.25) is 0 Å². The van der Waals surface area contributed by atoms with Crippen LogP contribution in [0.25, 0.3) is 0 Å². The van der Waals surface area contributed by atoms with Crippen molar-refractivity contribution >= 4 is 16.0 Å². The summed E-state index contributed by atoms with van der Waals surface area (Å²) in [6, 6.07) is 6.33. The third-order valence-corrected chi connectivity index (χ3v) is 4.70. The lowest BCUT2D eigenvalue weighted by Crippen LogP contribution is -2.27. The van der Waals surface area contributed by atoms with Gasteiger partial charge in [0.05, 0.1) is 5.56 Å². The summed E-state index contributed by atoms with van der Waals surface area (Å²) in [6.45, 7) is -0.155. The number of sulfonamides is 1. The summed E-state index contributed by atoms with van der Waals surface area (Å²) in [5, 5.41) is 27.7. The van der Waals surface area contributed by atoms with Crippen molar-refractivity contribution in [2.75, 3.05) is 6.54 Å². The average molecular weight is 355 g/mol. The standard InChI is InChI=1S/C15H14FNO6S/c16-12-4-2-10(15(20)21)7-14(12)24(22,23)17-6-5-9-1-3-11(18)8-13(9)19/h1-4,7-8,17-19H,5-6H2,(H,20,21). The smallest absolute Gasteiger partial charge is 0.335 e. The molecule has 2 aromatic rings. The molecule has 4 N–H and O–H groups in total. The van der Waals surface area contributed by atoms with Crippen LogP contribution in [-0.2, 0) is 16.4 Å². The van der Waals surface area contributed by atoms with Crippen LogP contribution in [0, 0.1) is 5.82 Å². The molecule has 0 spiro atoms. The largest absolute Gasteiger partial charge is 0.508 e. The van der Waals surface area contributed by atoms with Crippen LogP contribution in [0.15, 0.2) is 41.3 Å². The molecule has 0 radical (unpaired) electrons. The first kappa shape index (κ1) is 17.7. The normalized spacial score (nSPS) is 11.4. The molecule has 0 atom stereocenters. The van der Waals surface area contributed by atoms with Gasteiger partial charge < -0.3 is 15.3 Å². The number of carboxylic acids is 1. The molecule has 0 saturated carbocycles. The second kappa shape index (κ2) is 6.85. The minimum absolute atomic E-state index is 0.0889. The maximum Gasteiger partial charge on any atom is 0.335 e. The molecular weight excluding hydrogens is 341 g/mol. The molecule has 2 rings (SSSR count). The van der Waals surface area contributed by atoms with E-state index in [1.165, 1.54) is 12.1 Å². The molecule has 7 nitrogen and oxygen atoms in total. The van der Waals surface area contributed by atoms with E-state index in [2.05, 4.69) is 4.72 Å². The summed E-state index contributed by atoms with van der Waals surface area (Å²) < 4.78 is 40.1. The van der Waals surface area contributed by atoms with Gasteiger partial charge in [-0.2, -0.15) is 0 Å².